The zero-order chi connectivity index (χ0) is 13.9. The molecule has 0 spiro atoms. The molecule has 4 nitrogen and oxygen atoms in total. The molecule has 5 heteroatoms. The van der Waals surface area contributed by atoms with Crippen LogP contribution in [-0.2, 0) is 6.61 Å². The van der Waals surface area contributed by atoms with Crippen LogP contribution in [0.4, 0.5) is 0 Å². The molecule has 0 atom stereocenters. The van der Waals surface area contributed by atoms with Crippen molar-refractivity contribution in [3.63, 3.8) is 0 Å². The van der Waals surface area contributed by atoms with E-state index in [1.54, 1.807) is 17.1 Å². The fourth-order valence-corrected chi connectivity index (χ4v) is 2.39. The molecule has 0 amide bonds. The Bertz CT molecular complexity index is 725. The van der Waals surface area contributed by atoms with Gasteiger partial charge in [0.25, 0.3) is 0 Å². The summed E-state index contributed by atoms with van der Waals surface area (Å²) in [4.78, 5) is 4.32. The van der Waals surface area contributed by atoms with Gasteiger partial charge in [-0.1, -0.05) is 30.3 Å². The lowest BCUT2D eigenvalue weighted by Crippen LogP contribution is -2.03. The highest BCUT2D eigenvalue weighted by Gasteiger charge is 2.09. The normalized spacial score (nSPS) is 10.7. The number of pyridine rings is 1. The topological polar surface area (TPSA) is 50.9 Å². The van der Waals surface area contributed by atoms with Crippen LogP contribution in [-0.4, -0.2) is 19.9 Å². The van der Waals surface area contributed by atoms with Crippen LogP contribution in [0.1, 0.15) is 5.56 Å². The van der Waals surface area contributed by atoms with Crippen LogP contribution in [0.25, 0.3) is 16.9 Å². The molecule has 1 aromatic carbocycles. The molecule has 3 rings (SSSR count). The molecule has 0 bridgehead atoms. The van der Waals surface area contributed by atoms with Crippen LogP contribution >= 0.6 is 15.9 Å². The van der Waals surface area contributed by atoms with Crippen LogP contribution in [0, 0.1) is 0 Å². The smallest absolute Gasteiger partial charge is 0.158 e. The average Bonchev–Trinajstić information content (AvgIpc) is 2.97. The van der Waals surface area contributed by atoms with Crippen LogP contribution in [0.2, 0.25) is 0 Å². The highest BCUT2D eigenvalue weighted by Crippen LogP contribution is 2.21. The number of halogens is 1. The van der Waals surface area contributed by atoms with Gasteiger partial charge in [-0.05, 0) is 27.6 Å². The third kappa shape index (κ3) is 2.50. The maximum atomic E-state index is 9.43. The predicted molar refractivity (Wildman–Crippen MR) is 80.4 cm³/mol. The van der Waals surface area contributed by atoms with Gasteiger partial charge in [0.15, 0.2) is 5.82 Å². The van der Waals surface area contributed by atoms with Crippen LogP contribution in [0.3, 0.4) is 0 Å². The van der Waals surface area contributed by atoms with E-state index in [2.05, 4.69) is 26.0 Å². The van der Waals surface area contributed by atoms with E-state index in [9.17, 15) is 5.11 Å². The Hall–Kier alpha value is -1.98. The summed E-state index contributed by atoms with van der Waals surface area (Å²) in [6, 6.07) is 11.9. The van der Waals surface area contributed by atoms with Crippen molar-refractivity contribution < 1.29 is 5.11 Å². The quantitative estimate of drug-likeness (QED) is 0.802. The maximum absolute atomic E-state index is 9.43. The number of aliphatic hydroxyl groups excluding tert-OH is 1. The second kappa shape index (κ2) is 5.56. The number of nitrogens with zero attached hydrogens (tertiary/aromatic N) is 3. The summed E-state index contributed by atoms with van der Waals surface area (Å²) in [7, 11) is 0. The van der Waals surface area contributed by atoms with Crippen molar-refractivity contribution in [1.29, 1.82) is 0 Å². The summed E-state index contributed by atoms with van der Waals surface area (Å²) in [5, 5.41) is 13.8. The Morgan fingerprint density at radius 2 is 1.90 bits per heavy atom. The molecule has 0 unspecified atom stereocenters. The highest BCUT2D eigenvalue weighted by molar-refractivity contribution is 9.10. The summed E-state index contributed by atoms with van der Waals surface area (Å²) < 4.78 is 2.51. The van der Waals surface area contributed by atoms with E-state index >= 15 is 0 Å². The van der Waals surface area contributed by atoms with Gasteiger partial charge in [0.2, 0.25) is 0 Å². The molecule has 0 aliphatic rings. The molecule has 100 valence electrons. The average molecular weight is 330 g/mol. The van der Waals surface area contributed by atoms with Crippen LogP contribution in [0.15, 0.2) is 59.5 Å². The first kappa shape index (κ1) is 13.0. The van der Waals surface area contributed by atoms with Gasteiger partial charge in [-0.15, -0.1) is 0 Å². The van der Waals surface area contributed by atoms with Crippen molar-refractivity contribution in [2.75, 3.05) is 0 Å². The van der Waals surface area contributed by atoms with Crippen molar-refractivity contribution in [3.8, 4) is 16.9 Å². The lowest BCUT2D eigenvalue weighted by atomic mass is 10.1. The molecular weight excluding hydrogens is 318 g/mol. The first-order valence-electron chi connectivity index (χ1n) is 6.13. The van der Waals surface area contributed by atoms with E-state index in [0.717, 1.165) is 21.2 Å². The Balaban J connectivity index is 2.02. The van der Waals surface area contributed by atoms with Gasteiger partial charge < -0.3 is 5.11 Å². The molecule has 0 fully saturated rings. The minimum Gasteiger partial charge on any atom is -0.392 e. The van der Waals surface area contributed by atoms with Crippen molar-refractivity contribution in [3.05, 3.63) is 65.0 Å². The summed E-state index contributed by atoms with van der Waals surface area (Å²) in [6.45, 7) is -0.0810. The molecule has 0 aliphatic carbocycles. The predicted octanol–water partition coefficient (Wildman–Crippen LogP) is 3.19. The van der Waals surface area contributed by atoms with Gasteiger partial charge in [0.05, 0.1) is 12.8 Å². The van der Waals surface area contributed by atoms with Gasteiger partial charge in [0, 0.05) is 28.0 Å². The molecule has 1 N–H and O–H groups in total. The van der Waals surface area contributed by atoms with Gasteiger partial charge in [0.1, 0.15) is 0 Å². The monoisotopic (exact) mass is 329 g/mol. The standard InChI is InChI=1S/C15H12BrN3O/c16-14-6-12(10-20)15(17-8-14)19-9-13(7-18-19)11-4-2-1-3-5-11/h1-9,20H,10H2. The molecule has 3 aromatic rings. The van der Waals surface area contributed by atoms with Gasteiger partial charge >= 0.3 is 0 Å². The van der Waals surface area contributed by atoms with E-state index < -0.39 is 0 Å². The van der Waals surface area contributed by atoms with Crippen molar-refractivity contribution in [2.45, 2.75) is 6.61 Å². The number of rotatable bonds is 3. The fraction of sp³-hybridized carbons (Fsp3) is 0.0667. The molecular formula is C15H12BrN3O. The summed E-state index contributed by atoms with van der Waals surface area (Å²) in [6.07, 6.45) is 5.39. The number of benzene rings is 1. The Morgan fingerprint density at radius 1 is 1.10 bits per heavy atom. The molecule has 0 saturated carbocycles. The van der Waals surface area contributed by atoms with E-state index in [-0.39, 0.29) is 6.61 Å². The Labute approximate surface area is 124 Å². The van der Waals surface area contributed by atoms with E-state index in [4.69, 9.17) is 0 Å². The van der Waals surface area contributed by atoms with Crippen molar-refractivity contribution in [2.24, 2.45) is 0 Å². The third-order valence-corrected chi connectivity index (χ3v) is 3.42. The maximum Gasteiger partial charge on any atom is 0.158 e. The number of aromatic nitrogens is 3. The molecule has 2 aromatic heterocycles. The second-order valence-corrected chi connectivity index (χ2v) is 5.25. The first-order chi connectivity index (χ1) is 9.78. The largest absolute Gasteiger partial charge is 0.392 e. The minimum absolute atomic E-state index is 0.0810. The zero-order valence-corrected chi connectivity index (χ0v) is 12.2. The number of aliphatic hydroxyl groups is 1. The fourth-order valence-electron chi connectivity index (χ4n) is 2.01. The highest BCUT2D eigenvalue weighted by atomic mass is 79.9. The molecule has 20 heavy (non-hydrogen) atoms. The summed E-state index contributed by atoms with van der Waals surface area (Å²) >= 11 is 3.35. The lowest BCUT2D eigenvalue weighted by molar-refractivity contribution is 0.280. The SMILES string of the molecule is OCc1cc(Br)cnc1-n1cc(-c2ccccc2)cn1. The van der Waals surface area contributed by atoms with E-state index in [1.807, 2.05) is 42.6 Å². The van der Waals surface area contributed by atoms with E-state index in [0.29, 0.717) is 5.82 Å². The summed E-state index contributed by atoms with van der Waals surface area (Å²) in [5.41, 5.74) is 2.84. The van der Waals surface area contributed by atoms with Crippen LogP contribution in [0.5, 0.6) is 0 Å². The number of hydrogen-bond acceptors (Lipinski definition) is 3. The molecule has 0 saturated heterocycles. The van der Waals surface area contributed by atoms with E-state index in [1.165, 1.54) is 0 Å². The summed E-state index contributed by atoms with van der Waals surface area (Å²) in [5.74, 6) is 0.637. The first-order valence-corrected chi connectivity index (χ1v) is 6.93. The Kier molecular flexibility index (Phi) is 3.62. The molecule has 0 radical (unpaired) electrons. The van der Waals surface area contributed by atoms with Crippen LogP contribution < -0.4 is 0 Å². The second-order valence-electron chi connectivity index (χ2n) is 4.33. The van der Waals surface area contributed by atoms with Crippen molar-refractivity contribution in [1.82, 2.24) is 14.8 Å². The number of hydrogen-bond donors (Lipinski definition) is 1. The molecule has 2 heterocycles. The third-order valence-electron chi connectivity index (χ3n) is 2.99. The zero-order valence-electron chi connectivity index (χ0n) is 10.6. The minimum atomic E-state index is -0.0810. The van der Waals surface area contributed by atoms with Gasteiger partial charge in [-0.2, -0.15) is 5.10 Å². The Morgan fingerprint density at radius 3 is 2.65 bits per heavy atom. The van der Waals surface area contributed by atoms with Gasteiger partial charge in [-0.3, -0.25) is 0 Å². The lowest BCUT2D eigenvalue weighted by Gasteiger charge is -2.06. The van der Waals surface area contributed by atoms with Gasteiger partial charge in [-0.25, -0.2) is 9.67 Å². The van der Waals surface area contributed by atoms with Crippen molar-refractivity contribution >= 4 is 15.9 Å². The molecule has 0 aliphatic heterocycles.